The van der Waals surface area contributed by atoms with Crippen molar-refractivity contribution in [1.82, 2.24) is 15.5 Å². The molecule has 0 spiro atoms. The first-order valence-corrected chi connectivity index (χ1v) is 7.53. The van der Waals surface area contributed by atoms with Gasteiger partial charge in [-0.25, -0.2) is 0 Å². The van der Waals surface area contributed by atoms with Crippen LogP contribution in [-0.2, 0) is 6.54 Å². The number of aryl methyl sites for hydroxylation is 1. The molecule has 4 nitrogen and oxygen atoms in total. The van der Waals surface area contributed by atoms with Crippen LogP contribution in [-0.4, -0.2) is 16.1 Å². The SMILES string of the molecule is Cc1ccccc1CNC(=O)c1cn[nH]c1-c1cccs1. The summed E-state index contributed by atoms with van der Waals surface area (Å²) >= 11 is 1.58. The van der Waals surface area contributed by atoms with Gasteiger partial charge in [0.25, 0.3) is 5.91 Å². The Labute approximate surface area is 126 Å². The number of carbonyl (C=O) groups excluding carboxylic acids is 1. The summed E-state index contributed by atoms with van der Waals surface area (Å²) < 4.78 is 0. The predicted octanol–water partition coefficient (Wildman–Crippen LogP) is 3.38. The van der Waals surface area contributed by atoms with E-state index in [1.807, 2.05) is 48.7 Å². The smallest absolute Gasteiger partial charge is 0.255 e. The summed E-state index contributed by atoms with van der Waals surface area (Å²) in [4.78, 5) is 13.3. The van der Waals surface area contributed by atoms with Gasteiger partial charge in [-0.1, -0.05) is 30.3 Å². The Balaban J connectivity index is 1.75. The van der Waals surface area contributed by atoms with Gasteiger partial charge in [0.15, 0.2) is 0 Å². The van der Waals surface area contributed by atoms with Crippen molar-refractivity contribution in [1.29, 1.82) is 0 Å². The first kappa shape index (κ1) is 13.6. The molecule has 21 heavy (non-hydrogen) atoms. The van der Waals surface area contributed by atoms with E-state index in [1.165, 1.54) is 5.56 Å². The van der Waals surface area contributed by atoms with Crippen molar-refractivity contribution in [3.63, 3.8) is 0 Å². The molecule has 0 saturated heterocycles. The van der Waals surface area contributed by atoms with Crippen molar-refractivity contribution < 1.29 is 4.79 Å². The van der Waals surface area contributed by atoms with Crippen LogP contribution in [0.5, 0.6) is 0 Å². The van der Waals surface area contributed by atoms with Crippen LogP contribution in [0.1, 0.15) is 21.5 Å². The second kappa shape index (κ2) is 5.93. The molecule has 106 valence electrons. The predicted molar refractivity (Wildman–Crippen MR) is 84.2 cm³/mol. The van der Waals surface area contributed by atoms with Crippen LogP contribution in [0.25, 0.3) is 10.6 Å². The molecule has 2 heterocycles. The number of nitrogens with one attached hydrogen (secondary N) is 2. The minimum absolute atomic E-state index is 0.115. The molecule has 3 rings (SSSR count). The number of aromatic nitrogens is 2. The number of thiophene rings is 1. The summed E-state index contributed by atoms with van der Waals surface area (Å²) in [7, 11) is 0. The fourth-order valence-electron chi connectivity index (χ4n) is 2.15. The lowest BCUT2D eigenvalue weighted by Gasteiger charge is -2.07. The van der Waals surface area contributed by atoms with Crippen LogP contribution in [0, 0.1) is 6.92 Å². The molecule has 0 unspecified atom stereocenters. The van der Waals surface area contributed by atoms with Crippen LogP contribution in [0.15, 0.2) is 48.0 Å². The van der Waals surface area contributed by atoms with Gasteiger partial charge in [-0.15, -0.1) is 11.3 Å². The summed E-state index contributed by atoms with van der Waals surface area (Å²) in [6.07, 6.45) is 1.57. The van der Waals surface area contributed by atoms with Crippen molar-refractivity contribution >= 4 is 17.2 Å². The number of carbonyl (C=O) groups is 1. The highest BCUT2D eigenvalue weighted by Crippen LogP contribution is 2.25. The summed E-state index contributed by atoms with van der Waals surface area (Å²) in [5.74, 6) is -0.115. The number of amides is 1. The molecule has 0 aliphatic carbocycles. The monoisotopic (exact) mass is 297 g/mol. The van der Waals surface area contributed by atoms with Crippen molar-refractivity contribution in [2.24, 2.45) is 0 Å². The Hall–Kier alpha value is -2.40. The van der Waals surface area contributed by atoms with Gasteiger partial charge in [-0.05, 0) is 29.5 Å². The number of nitrogens with zero attached hydrogens (tertiary/aromatic N) is 1. The Morgan fingerprint density at radius 3 is 2.90 bits per heavy atom. The number of benzene rings is 1. The van der Waals surface area contributed by atoms with Crippen molar-refractivity contribution in [2.45, 2.75) is 13.5 Å². The molecule has 0 aliphatic heterocycles. The second-order valence-corrected chi connectivity index (χ2v) is 5.69. The fourth-order valence-corrected chi connectivity index (χ4v) is 2.88. The Bertz CT molecular complexity index is 746. The van der Waals surface area contributed by atoms with Gasteiger partial charge in [-0.3, -0.25) is 9.89 Å². The van der Waals surface area contributed by atoms with Gasteiger partial charge in [0.2, 0.25) is 0 Å². The molecule has 0 atom stereocenters. The molecule has 0 aliphatic rings. The first-order chi connectivity index (χ1) is 10.3. The number of aromatic amines is 1. The molecule has 2 N–H and O–H groups in total. The maximum absolute atomic E-state index is 12.3. The van der Waals surface area contributed by atoms with E-state index in [-0.39, 0.29) is 5.91 Å². The fraction of sp³-hybridized carbons (Fsp3) is 0.125. The lowest BCUT2D eigenvalue weighted by Crippen LogP contribution is -2.23. The second-order valence-electron chi connectivity index (χ2n) is 4.75. The van der Waals surface area contributed by atoms with E-state index >= 15 is 0 Å². The van der Waals surface area contributed by atoms with Crippen LogP contribution < -0.4 is 5.32 Å². The molecule has 0 saturated carbocycles. The third-order valence-electron chi connectivity index (χ3n) is 3.35. The minimum Gasteiger partial charge on any atom is -0.348 e. The highest BCUT2D eigenvalue weighted by atomic mass is 32.1. The molecule has 0 radical (unpaired) electrons. The number of hydrogen-bond donors (Lipinski definition) is 2. The maximum atomic E-state index is 12.3. The van der Waals surface area contributed by atoms with E-state index in [2.05, 4.69) is 15.5 Å². The molecular weight excluding hydrogens is 282 g/mol. The van der Waals surface area contributed by atoms with E-state index < -0.39 is 0 Å². The topological polar surface area (TPSA) is 57.8 Å². The summed E-state index contributed by atoms with van der Waals surface area (Å²) in [5, 5.41) is 11.8. The lowest BCUT2D eigenvalue weighted by molar-refractivity contribution is 0.0951. The van der Waals surface area contributed by atoms with Crippen molar-refractivity contribution in [3.05, 3.63) is 64.7 Å². The quantitative estimate of drug-likeness (QED) is 0.775. The zero-order valence-electron chi connectivity index (χ0n) is 11.6. The lowest BCUT2D eigenvalue weighted by atomic mass is 10.1. The molecule has 0 fully saturated rings. The van der Waals surface area contributed by atoms with E-state index in [9.17, 15) is 4.79 Å². The Morgan fingerprint density at radius 2 is 2.14 bits per heavy atom. The summed E-state index contributed by atoms with van der Waals surface area (Å²) in [6, 6.07) is 11.9. The third-order valence-corrected chi connectivity index (χ3v) is 4.24. The molecule has 1 amide bonds. The first-order valence-electron chi connectivity index (χ1n) is 6.65. The van der Waals surface area contributed by atoms with Gasteiger partial charge >= 0.3 is 0 Å². The minimum atomic E-state index is -0.115. The average molecular weight is 297 g/mol. The van der Waals surface area contributed by atoms with Gasteiger partial charge in [-0.2, -0.15) is 5.10 Å². The van der Waals surface area contributed by atoms with Crippen LogP contribution in [0.4, 0.5) is 0 Å². The highest BCUT2D eigenvalue weighted by molar-refractivity contribution is 7.13. The van der Waals surface area contributed by atoms with Crippen molar-refractivity contribution in [3.8, 4) is 10.6 Å². The van der Waals surface area contributed by atoms with Crippen LogP contribution in [0.2, 0.25) is 0 Å². The number of rotatable bonds is 4. The number of hydrogen-bond acceptors (Lipinski definition) is 3. The van der Waals surface area contributed by atoms with Crippen LogP contribution >= 0.6 is 11.3 Å². The van der Waals surface area contributed by atoms with E-state index in [0.717, 1.165) is 16.1 Å². The zero-order valence-corrected chi connectivity index (χ0v) is 12.4. The zero-order chi connectivity index (χ0) is 14.7. The molecule has 2 aromatic heterocycles. The summed E-state index contributed by atoms with van der Waals surface area (Å²) in [6.45, 7) is 2.55. The Morgan fingerprint density at radius 1 is 1.29 bits per heavy atom. The summed E-state index contributed by atoms with van der Waals surface area (Å²) in [5.41, 5.74) is 3.63. The van der Waals surface area contributed by atoms with Gasteiger partial charge in [0.05, 0.1) is 22.3 Å². The van der Waals surface area contributed by atoms with Crippen LogP contribution in [0.3, 0.4) is 0 Å². The Kier molecular flexibility index (Phi) is 3.83. The van der Waals surface area contributed by atoms with Crippen molar-refractivity contribution in [2.75, 3.05) is 0 Å². The van der Waals surface area contributed by atoms with Gasteiger partial charge < -0.3 is 5.32 Å². The number of H-pyrrole nitrogens is 1. The molecule has 3 aromatic rings. The maximum Gasteiger partial charge on any atom is 0.255 e. The molecule has 5 heteroatoms. The molecule has 0 bridgehead atoms. The normalized spacial score (nSPS) is 10.5. The molecular formula is C16H15N3OS. The van der Waals surface area contributed by atoms with E-state index in [0.29, 0.717) is 12.1 Å². The van der Waals surface area contributed by atoms with Gasteiger partial charge in [0, 0.05) is 6.54 Å². The highest BCUT2D eigenvalue weighted by Gasteiger charge is 2.15. The van der Waals surface area contributed by atoms with E-state index in [1.54, 1.807) is 17.5 Å². The van der Waals surface area contributed by atoms with E-state index in [4.69, 9.17) is 0 Å². The van der Waals surface area contributed by atoms with Gasteiger partial charge in [0.1, 0.15) is 0 Å². The average Bonchev–Trinajstić information content (AvgIpc) is 3.16. The molecule has 1 aromatic carbocycles. The largest absolute Gasteiger partial charge is 0.348 e. The third kappa shape index (κ3) is 2.87. The standard InChI is InChI=1S/C16H15N3OS/c1-11-5-2-3-6-12(11)9-17-16(20)13-10-18-19-15(13)14-7-4-8-21-14/h2-8,10H,9H2,1H3,(H,17,20)(H,18,19).